The zero-order valence-corrected chi connectivity index (χ0v) is 10.1. The Morgan fingerprint density at radius 1 is 1.11 bits per heavy atom. The largest absolute Gasteiger partial charge is 0.464 e. The molecule has 0 radical (unpaired) electrons. The number of hydrogen-bond acceptors (Lipinski definition) is 1. The summed E-state index contributed by atoms with van der Waals surface area (Å²) < 4.78 is 43.6. The van der Waals surface area contributed by atoms with Gasteiger partial charge in [-0.1, -0.05) is 13.8 Å². The molecule has 1 aromatic carbocycles. The number of furan rings is 1. The van der Waals surface area contributed by atoms with Crippen molar-refractivity contribution < 1.29 is 17.6 Å². The Morgan fingerprint density at radius 3 is 2.33 bits per heavy atom. The van der Waals surface area contributed by atoms with Crippen LogP contribution < -0.4 is 0 Å². The first-order valence-corrected chi connectivity index (χ1v) is 5.64. The second-order valence-electron chi connectivity index (χ2n) is 4.47. The molecule has 1 aromatic heterocycles. The Hall–Kier alpha value is -1.71. The minimum absolute atomic E-state index is 0.0287. The first-order chi connectivity index (χ1) is 8.38. The van der Waals surface area contributed by atoms with E-state index in [9.17, 15) is 13.2 Å². The molecule has 1 heterocycles. The average Bonchev–Trinajstić information content (AvgIpc) is 2.80. The summed E-state index contributed by atoms with van der Waals surface area (Å²) in [5, 5.41) is 0. The third-order valence-corrected chi connectivity index (χ3v) is 2.76. The first kappa shape index (κ1) is 12.7. The Bertz CT molecular complexity index is 524. The summed E-state index contributed by atoms with van der Waals surface area (Å²) in [5.74, 6) is 0.476. The van der Waals surface area contributed by atoms with Crippen LogP contribution in [0, 0.1) is 0 Å². The lowest BCUT2D eigenvalue weighted by molar-refractivity contribution is -0.137. The van der Waals surface area contributed by atoms with Crippen LogP contribution in [0.25, 0.3) is 11.3 Å². The molecule has 0 unspecified atom stereocenters. The zero-order chi connectivity index (χ0) is 13.3. The summed E-state index contributed by atoms with van der Waals surface area (Å²) in [6, 6.07) is 7.35. The highest BCUT2D eigenvalue weighted by Crippen LogP contribution is 2.35. The molecule has 96 valence electrons. The van der Waals surface area contributed by atoms with E-state index < -0.39 is 11.7 Å². The zero-order valence-electron chi connectivity index (χ0n) is 10.1. The molecule has 0 N–H and O–H groups in total. The second-order valence-corrected chi connectivity index (χ2v) is 4.47. The molecule has 0 atom stereocenters. The fourth-order valence-electron chi connectivity index (χ4n) is 1.73. The maximum atomic E-state index is 12.8. The van der Waals surface area contributed by atoms with Crippen molar-refractivity contribution in [2.45, 2.75) is 25.9 Å². The number of halogens is 3. The summed E-state index contributed by atoms with van der Waals surface area (Å²) in [6.07, 6.45) is -2.89. The van der Waals surface area contributed by atoms with Crippen LogP contribution in [-0.4, -0.2) is 0 Å². The quantitative estimate of drug-likeness (QED) is 0.727. The molecule has 0 fully saturated rings. The third-order valence-electron chi connectivity index (χ3n) is 2.76. The van der Waals surface area contributed by atoms with E-state index in [2.05, 4.69) is 0 Å². The smallest absolute Gasteiger partial charge is 0.416 e. The molecule has 0 bridgehead atoms. The van der Waals surface area contributed by atoms with E-state index in [1.807, 2.05) is 13.8 Å². The molecule has 0 aliphatic heterocycles. The van der Waals surface area contributed by atoms with E-state index in [4.69, 9.17) is 4.42 Å². The average molecular weight is 254 g/mol. The van der Waals surface area contributed by atoms with Crippen LogP contribution in [0.15, 0.2) is 41.0 Å². The Labute approximate surface area is 103 Å². The van der Waals surface area contributed by atoms with E-state index in [1.165, 1.54) is 12.3 Å². The van der Waals surface area contributed by atoms with E-state index in [1.54, 1.807) is 18.2 Å². The van der Waals surface area contributed by atoms with E-state index in [0.29, 0.717) is 16.9 Å². The lowest BCUT2D eigenvalue weighted by atomic mass is 9.96. The van der Waals surface area contributed by atoms with Crippen LogP contribution >= 0.6 is 0 Å². The molecule has 0 aliphatic rings. The number of rotatable bonds is 2. The predicted octanol–water partition coefficient (Wildman–Crippen LogP) is 5.09. The molecule has 0 amide bonds. The number of alkyl halides is 3. The number of benzene rings is 1. The van der Waals surface area contributed by atoms with Crippen molar-refractivity contribution in [3.8, 4) is 11.3 Å². The van der Waals surface area contributed by atoms with E-state index in [-0.39, 0.29) is 5.92 Å². The van der Waals surface area contributed by atoms with Crippen molar-refractivity contribution in [3.63, 3.8) is 0 Å². The van der Waals surface area contributed by atoms with Gasteiger partial charge in [0.2, 0.25) is 0 Å². The highest BCUT2D eigenvalue weighted by molar-refractivity contribution is 5.60. The molecule has 0 saturated heterocycles. The summed E-state index contributed by atoms with van der Waals surface area (Å²) in [4.78, 5) is 0. The standard InChI is InChI=1S/C14H13F3O/c1-9(2)10-6-11(13-4-3-5-18-13)8-12(7-10)14(15,16)17/h3-9H,1-2H3. The van der Waals surface area contributed by atoms with E-state index >= 15 is 0 Å². The fraction of sp³-hybridized carbons (Fsp3) is 0.286. The molecule has 0 saturated carbocycles. The van der Waals surface area contributed by atoms with Crippen LogP contribution in [-0.2, 0) is 6.18 Å². The van der Waals surface area contributed by atoms with Crippen LogP contribution in [0.2, 0.25) is 0 Å². The topological polar surface area (TPSA) is 13.1 Å². The van der Waals surface area contributed by atoms with Gasteiger partial charge in [-0.25, -0.2) is 0 Å². The maximum absolute atomic E-state index is 12.8. The van der Waals surface area contributed by atoms with Gasteiger partial charge in [0.05, 0.1) is 11.8 Å². The van der Waals surface area contributed by atoms with Crippen molar-refractivity contribution in [1.29, 1.82) is 0 Å². The molecule has 2 aromatic rings. The van der Waals surface area contributed by atoms with Gasteiger partial charge < -0.3 is 4.42 Å². The fourth-order valence-corrected chi connectivity index (χ4v) is 1.73. The van der Waals surface area contributed by atoms with Gasteiger partial charge in [0.1, 0.15) is 5.76 Å². The van der Waals surface area contributed by atoms with Gasteiger partial charge in [-0.2, -0.15) is 13.2 Å². The van der Waals surface area contributed by atoms with Crippen LogP contribution in [0.4, 0.5) is 13.2 Å². The van der Waals surface area contributed by atoms with Crippen LogP contribution in [0.5, 0.6) is 0 Å². The lowest BCUT2D eigenvalue weighted by Gasteiger charge is -2.13. The van der Waals surface area contributed by atoms with Crippen molar-refractivity contribution in [1.82, 2.24) is 0 Å². The predicted molar refractivity (Wildman–Crippen MR) is 63.2 cm³/mol. The molecule has 0 aliphatic carbocycles. The molecule has 0 spiro atoms. The SMILES string of the molecule is CC(C)c1cc(-c2ccco2)cc(C(F)(F)F)c1. The van der Waals surface area contributed by atoms with Crippen molar-refractivity contribution in [2.75, 3.05) is 0 Å². The van der Waals surface area contributed by atoms with Crippen LogP contribution in [0.3, 0.4) is 0 Å². The Kier molecular flexibility index (Phi) is 3.20. The van der Waals surface area contributed by atoms with Gasteiger partial charge >= 0.3 is 6.18 Å². The molecular formula is C14H13F3O. The van der Waals surface area contributed by atoms with Gasteiger partial charge in [-0.05, 0) is 41.8 Å². The van der Waals surface area contributed by atoms with Gasteiger partial charge in [-0.15, -0.1) is 0 Å². The first-order valence-electron chi connectivity index (χ1n) is 5.64. The molecule has 1 nitrogen and oxygen atoms in total. The monoisotopic (exact) mass is 254 g/mol. The summed E-state index contributed by atoms with van der Waals surface area (Å²) in [6.45, 7) is 3.73. The van der Waals surface area contributed by atoms with Crippen molar-refractivity contribution >= 4 is 0 Å². The minimum atomic E-state index is -4.34. The lowest BCUT2D eigenvalue weighted by Crippen LogP contribution is -2.06. The highest BCUT2D eigenvalue weighted by atomic mass is 19.4. The molecule has 18 heavy (non-hydrogen) atoms. The third kappa shape index (κ3) is 2.58. The summed E-state index contributed by atoms with van der Waals surface area (Å²) in [7, 11) is 0. The van der Waals surface area contributed by atoms with Crippen LogP contribution in [0.1, 0.15) is 30.9 Å². The van der Waals surface area contributed by atoms with Gasteiger partial charge in [0.15, 0.2) is 0 Å². The van der Waals surface area contributed by atoms with E-state index in [0.717, 1.165) is 6.07 Å². The molecule has 4 heteroatoms. The van der Waals surface area contributed by atoms with Gasteiger partial charge in [-0.3, -0.25) is 0 Å². The minimum Gasteiger partial charge on any atom is -0.464 e. The Morgan fingerprint density at radius 2 is 1.83 bits per heavy atom. The summed E-state index contributed by atoms with van der Waals surface area (Å²) >= 11 is 0. The van der Waals surface area contributed by atoms with Gasteiger partial charge in [0.25, 0.3) is 0 Å². The van der Waals surface area contributed by atoms with Gasteiger partial charge in [0, 0.05) is 5.56 Å². The normalized spacial score (nSPS) is 12.1. The maximum Gasteiger partial charge on any atom is 0.416 e. The summed E-state index contributed by atoms with van der Waals surface area (Å²) in [5.41, 5.74) is 0.467. The molecule has 2 rings (SSSR count). The van der Waals surface area contributed by atoms with Crippen molar-refractivity contribution in [2.24, 2.45) is 0 Å². The van der Waals surface area contributed by atoms with Crippen molar-refractivity contribution in [3.05, 3.63) is 47.7 Å². The second kappa shape index (κ2) is 4.52. The highest BCUT2D eigenvalue weighted by Gasteiger charge is 2.31. The molecular weight excluding hydrogens is 241 g/mol. The Balaban J connectivity index is 2.57. The number of hydrogen-bond donors (Lipinski definition) is 0.